The standard InChI is InChI=1S/C8H8N4O/c1-11-7-2-5(3-9)6(4-12-7)8(10)13/h2,4H,1H3,(H2,10,13)(H,11,12). The summed E-state index contributed by atoms with van der Waals surface area (Å²) < 4.78 is 0. The molecule has 1 aromatic rings. The molecule has 5 heteroatoms. The van der Waals surface area contributed by atoms with Crippen LogP contribution in [0.2, 0.25) is 0 Å². The number of rotatable bonds is 2. The highest BCUT2D eigenvalue weighted by atomic mass is 16.1. The van der Waals surface area contributed by atoms with E-state index < -0.39 is 5.91 Å². The van der Waals surface area contributed by atoms with Crippen molar-refractivity contribution in [1.82, 2.24) is 4.98 Å². The molecule has 5 nitrogen and oxygen atoms in total. The summed E-state index contributed by atoms with van der Waals surface area (Å²) in [6.45, 7) is 0. The molecule has 0 saturated heterocycles. The normalized spacial score (nSPS) is 8.92. The summed E-state index contributed by atoms with van der Waals surface area (Å²) in [5, 5.41) is 11.4. The number of carbonyl (C=O) groups is 1. The lowest BCUT2D eigenvalue weighted by Gasteiger charge is -2.01. The number of primary amides is 1. The fourth-order valence-corrected chi connectivity index (χ4v) is 0.881. The van der Waals surface area contributed by atoms with Crippen molar-refractivity contribution >= 4 is 11.7 Å². The lowest BCUT2D eigenvalue weighted by molar-refractivity contribution is 0.1000. The highest BCUT2D eigenvalue weighted by molar-refractivity contribution is 5.95. The zero-order valence-electron chi connectivity index (χ0n) is 7.03. The lowest BCUT2D eigenvalue weighted by atomic mass is 10.1. The van der Waals surface area contributed by atoms with Gasteiger partial charge in [-0.1, -0.05) is 0 Å². The van der Waals surface area contributed by atoms with Crippen LogP contribution in [0.5, 0.6) is 0 Å². The maximum Gasteiger partial charge on any atom is 0.251 e. The first-order valence-electron chi connectivity index (χ1n) is 3.56. The first kappa shape index (κ1) is 9.00. The number of hydrogen-bond acceptors (Lipinski definition) is 4. The Morgan fingerprint density at radius 2 is 2.46 bits per heavy atom. The minimum Gasteiger partial charge on any atom is -0.373 e. The lowest BCUT2D eigenvalue weighted by Crippen LogP contribution is -2.13. The van der Waals surface area contributed by atoms with Gasteiger partial charge in [0.05, 0.1) is 11.1 Å². The Balaban J connectivity index is 3.26. The Labute approximate surface area is 75.2 Å². The van der Waals surface area contributed by atoms with Gasteiger partial charge in [0.1, 0.15) is 11.9 Å². The van der Waals surface area contributed by atoms with Gasteiger partial charge in [0, 0.05) is 13.2 Å². The van der Waals surface area contributed by atoms with Crippen molar-refractivity contribution in [2.24, 2.45) is 5.73 Å². The largest absolute Gasteiger partial charge is 0.373 e. The zero-order valence-corrected chi connectivity index (χ0v) is 7.03. The highest BCUT2D eigenvalue weighted by Crippen LogP contribution is 2.10. The van der Waals surface area contributed by atoms with Crippen LogP contribution >= 0.6 is 0 Å². The van der Waals surface area contributed by atoms with Crippen LogP contribution < -0.4 is 11.1 Å². The third-order valence-corrected chi connectivity index (χ3v) is 1.55. The second kappa shape index (κ2) is 3.54. The maximum absolute atomic E-state index is 10.8. The molecule has 1 heterocycles. The van der Waals surface area contributed by atoms with Crippen LogP contribution in [0, 0.1) is 11.3 Å². The molecule has 0 radical (unpaired) electrons. The van der Waals surface area contributed by atoms with Crippen molar-refractivity contribution in [2.45, 2.75) is 0 Å². The Kier molecular flexibility index (Phi) is 2.45. The van der Waals surface area contributed by atoms with Crippen molar-refractivity contribution in [1.29, 1.82) is 5.26 Å². The zero-order chi connectivity index (χ0) is 9.84. The van der Waals surface area contributed by atoms with Crippen molar-refractivity contribution in [3.05, 3.63) is 23.4 Å². The van der Waals surface area contributed by atoms with Crippen LogP contribution in [-0.2, 0) is 0 Å². The van der Waals surface area contributed by atoms with Crippen molar-refractivity contribution in [3.8, 4) is 6.07 Å². The van der Waals surface area contributed by atoms with Crippen LogP contribution in [0.4, 0.5) is 5.82 Å². The van der Waals surface area contributed by atoms with Crippen molar-refractivity contribution in [3.63, 3.8) is 0 Å². The van der Waals surface area contributed by atoms with Gasteiger partial charge in [0.2, 0.25) is 0 Å². The molecular weight excluding hydrogens is 168 g/mol. The summed E-state index contributed by atoms with van der Waals surface area (Å²) in [6.07, 6.45) is 1.28. The molecule has 0 atom stereocenters. The number of pyridine rings is 1. The number of nitrogens with two attached hydrogens (primary N) is 1. The van der Waals surface area contributed by atoms with Crippen LogP contribution in [0.15, 0.2) is 12.3 Å². The van der Waals surface area contributed by atoms with Gasteiger partial charge in [0.25, 0.3) is 5.91 Å². The SMILES string of the molecule is CNc1cc(C#N)c(C(N)=O)cn1. The van der Waals surface area contributed by atoms with Gasteiger partial charge in [-0.3, -0.25) is 4.79 Å². The van der Waals surface area contributed by atoms with E-state index in [2.05, 4.69) is 10.3 Å². The van der Waals surface area contributed by atoms with Crippen molar-refractivity contribution < 1.29 is 4.79 Å². The quantitative estimate of drug-likeness (QED) is 0.668. The number of nitrogens with one attached hydrogen (secondary N) is 1. The first-order valence-corrected chi connectivity index (χ1v) is 3.56. The third kappa shape index (κ3) is 1.73. The molecule has 13 heavy (non-hydrogen) atoms. The summed E-state index contributed by atoms with van der Waals surface area (Å²) in [4.78, 5) is 14.7. The molecule has 0 unspecified atom stereocenters. The Morgan fingerprint density at radius 1 is 1.77 bits per heavy atom. The predicted octanol–water partition coefficient (Wildman–Crippen LogP) is 0.0939. The molecule has 0 aliphatic carbocycles. The summed E-state index contributed by atoms with van der Waals surface area (Å²) >= 11 is 0. The second-order valence-corrected chi connectivity index (χ2v) is 2.34. The van der Waals surface area contributed by atoms with E-state index in [1.54, 1.807) is 7.05 Å². The Bertz CT molecular complexity index is 380. The van der Waals surface area contributed by atoms with E-state index in [9.17, 15) is 4.79 Å². The van der Waals surface area contributed by atoms with E-state index in [4.69, 9.17) is 11.0 Å². The average molecular weight is 176 g/mol. The average Bonchev–Trinajstić information content (AvgIpc) is 2.16. The molecule has 1 aromatic heterocycles. The second-order valence-electron chi connectivity index (χ2n) is 2.34. The van der Waals surface area contributed by atoms with Crippen LogP contribution in [-0.4, -0.2) is 17.9 Å². The van der Waals surface area contributed by atoms with Gasteiger partial charge >= 0.3 is 0 Å². The van der Waals surface area contributed by atoms with Gasteiger partial charge in [-0.2, -0.15) is 5.26 Å². The van der Waals surface area contributed by atoms with Crippen LogP contribution in [0.3, 0.4) is 0 Å². The van der Waals surface area contributed by atoms with E-state index >= 15 is 0 Å². The molecule has 0 aliphatic heterocycles. The molecule has 0 saturated carbocycles. The van der Waals surface area contributed by atoms with E-state index in [-0.39, 0.29) is 11.1 Å². The number of aromatic nitrogens is 1. The topological polar surface area (TPSA) is 91.8 Å². The number of amides is 1. The number of nitriles is 1. The van der Waals surface area contributed by atoms with E-state index in [0.717, 1.165) is 0 Å². The summed E-state index contributed by atoms with van der Waals surface area (Å²) in [6, 6.07) is 3.34. The molecular formula is C8H8N4O. The minimum absolute atomic E-state index is 0.140. The first-order chi connectivity index (χ1) is 6.19. The minimum atomic E-state index is -0.647. The van der Waals surface area contributed by atoms with Crippen LogP contribution in [0.25, 0.3) is 0 Å². The molecule has 1 rings (SSSR count). The summed E-state index contributed by atoms with van der Waals surface area (Å²) in [5.74, 6) is -0.117. The molecule has 0 fully saturated rings. The van der Waals surface area contributed by atoms with Crippen molar-refractivity contribution in [2.75, 3.05) is 12.4 Å². The number of nitrogens with zero attached hydrogens (tertiary/aromatic N) is 2. The molecule has 3 N–H and O–H groups in total. The van der Waals surface area contributed by atoms with Gasteiger partial charge in [-0.25, -0.2) is 4.98 Å². The molecule has 0 aliphatic rings. The van der Waals surface area contributed by atoms with Gasteiger partial charge in [-0.15, -0.1) is 0 Å². The van der Waals surface area contributed by atoms with Gasteiger partial charge < -0.3 is 11.1 Å². The van der Waals surface area contributed by atoms with E-state index in [0.29, 0.717) is 5.82 Å². The number of anilines is 1. The number of hydrogen-bond donors (Lipinski definition) is 2. The maximum atomic E-state index is 10.8. The molecule has 0 bridgehead atoms. The van der Waals surface area contributed by atoms with E-state index in [1.807, 2.05) is 6.07 Å². The summed E-state index contributed by atoms with van der Waals surface area (Å²) in [5.41, 5.74) is 5.40. The predicted molar refractivity (Wildman–Crippen MR) is 47.0 cm³/mol. The summed E-state index contributed by atoms with van der Waals surface area (Å²) in [7, 11) is 1.67. The molecule has 1 amide bonds. The third-order valence-electron chi connectivity index (χ3n) is 1.55. The molecule has 66 valence electrons. The monoisotopic (exact) mass is 176 g/mol. The van der Waals surface area contributed by atoms with E-state index in [1.165, 1.54) is 12.3 Å². The molecule has 0 aromatic carbocycles. The molecule has 0 spiro atoms. The van der Waals surface area contributed by atoms with Gasteiger partial charge in [-0.05, 0) is 6.07 Å². The smallest absolute Gasteiger partial charge is 0.251 e. The fourth-order valence-electron chi connectivity index (χ4n) is 0.881. The van der Waals surface area contributed by atoms with Crippen LogP contribution in [0.1, 0.15) is 15.9 Å². The Morgan fingerprint density at radius 3 is 2.92 bits per heavy atom. The fraction of sp³-hybridized carbons (Fsp3) is 0.125. The Hall–Kier alpha value is -2.09. The van der Waals surface area contributed by atoms with Gasteiger partial charge in [0.15, 0.2) is 0 Å². The number of carbonyl (C=O) groups excluding carboxylic acids is 1. The highest BCUT2D eigenvalue weighted by Gasteiger charge is 2.08.